The third kappa shape index (κ3) is 4.72. The summed E-state index contributed by atoms with van der Waals surface area (Å²) in [6.45, 7) is 9.01. The van der Waals surface area contributed by atoms with Gasteiger partial charge in [-0.15, -0.1) is 11.3 Å². The molecule has 2 aliphatic heterocycles. The van der Waals surface area contributed by atoms with Crippen molar-refractivity contribution in [3.8, 4) is 0 Å². The van der Waals surface area contributed by atoms with E-state index < -0.39 is 39.6 Å². The molecule has 0 bridgehead atoms. The third-order valence-electron chi connectivity index (χ3n) is 6.01. The van der Waals surface area contributed by atoms with Gasteiger partial charge in [0.05, 0.1) is 27.9 Å². The van der Waals surface area contributed by atoms with E-state index in [0.717, 1.165) is 28.1 Å². The first-order chi connectivity index (χ1) is 16.1. The van der Waals surface area contributed by atoms with Crippen molar-refractivity contribution in [2.45, 2.75) is 59.0 Å². The second-order valence-electron chi connectivity index (χ2n) is 9.91. The summed E-state index contributed by atoms with van der Waals surface area (Å²) in [6.07, 6.45) is -5.50. The zero-order valence-electron chi connectivity index (χ0n) is 19.4. The van der Waals surface area contributed by atoms with Crippen LogP contribution in [-0.2, 0) is 23.5 Å². The van der Waals surface area contributed by atoms with E-state index in [2.05, 4.69) is 10.5 Å². The van der Waals surface area contributed by atoms with Gasteiger partial charge < -0.3 is 15.1 Å². The summed E-state index contributed by atoms with van der Waals surface area (Å²) in [6, 6.07) is 1.73. The number of alkyl halides is 3. The number of oxime groups is 1. The van der Waals surface area contributed by atoms with Gasteiger partial charge in [-0.1, -0.05) is 49.1 Å². The van der Waals surface area contributed by atoms with Crippen molar-refractivity contribution in [3.63, 3.8) is 0 Å². The Bertz CT molecular complexity index is 1200. The summed E-state index contributed by atoms with van der Waals surface area (Å²) in [4.78, 5) is 20.9. The normalized spacial score (nSPS) is 20.1. The number of hydrogen-bond acceptors (Lipinski definition) is 5. The Morgan fingerprint density at radius 1 is 1.23 bits per heavy atom. The lowest BCUT2D eigenvalue weighted by molar-refractivity contribution is -0.275. The molecule has 190 valence electrons. The van der Waals surface area contributed by atoms with Crippen LogP contribution in [0, 0.1) is 18.2 Å². The Labute approximate surface area is 214 Å². The molecule has 2 aliphatic rings. The SMILES string of the molecule is Cc1c(C(=O)NCC(C)(C)C)sc2c1CN(C1=NOC(c3cc(Cl)c(F)c(Cl)c3)(C(F)(F)F)C1)C2. The van der Waals surface area contributed by atoms with Crippen molar-refractivity contribution in [1.29, 1.82) is 0 Å². The molecule has 0 fully saturated rings. The van der Waals surface area contributed by atoms with Crippen molar-refractivity contribution in [2.24, 2.45) is 10.6 Å². The zero-order valence-corrected chi connectivity index (χ0v) is 21.7. The summed E-state index contributed by atoms with van der Waals surface area (Å²) in [5.74, 6) is -1.07. The molecule has 0 radical (unpaired) electrons. The predicted octanol–water partition coefficient (Wildman–Crippen LogP) is 6.79. The number of nitrogens with zero attached hydrogens (tertiary/aromatic N) is 2. The Morgan fingerprint density at radius 2 is 1.86 bits per heavy atom. The molecule has 0 saturated heterocycles. The topological polar surface area (TPSA) is 53.9 Å². The van der Waals surface area contributed by atoms with Gasteiger partial charge >= 0.3 is 6.18 Å². The van der Waals surface area contributed by atoms with E-state index >= 15 is 0 Å². The van der Waals surface area contributed by atoms with Crippen LogP contribution in [0.4, 0.5) is 17.6 Å². The van der Waals surface area contributed by atoms with E-state index in [4.69, 9.17) is 28.0 Å². The zero-order chi connectivity index (χ0) is 25.9. The number of carbonyl (C=O) groups is 1. The van der Waals surface area contributed by atoms with E-state index in [0.29, 0.717) is 24.5 Å². The van der Waals surface area contributed by atoms with Crippen molar-refractivity contribution < 1.29 is 27.2 Å². The first-order valence-corrected chi connectivity index (χ1v) is 12.3. The highest BCUT2D eigenvalue weighted by Crippen LogP contribution is 2.50. The highest BCUT2D eigenvalue weighted by atomic mass is 35.5. The Hall–Kier alpha value is -2.04. The molecule has 4 rings (SSSR count). The molecule has 12 heteroatoms. The van der Waals surface area contributed by atoms with Gasteiger partial charge in [-0.25, -0.2) is 4.39 Å². The largest absolute Gasteiger partial charge is 0.435 e. The molecule has 0 saturated carbocycles. The van der Waals surface area contributed by atoms with Crippen LogP contribution in [-0.4, -0.2) is 29.4 Å². The minimum absolute atomic E-state index is 0.0646. The fraction of sp³-hybridized carbons (Fsp3) is 0.478. The van der Waals surface area contributed by atoms with Crippen LogP contribution in [0.2, 0.25) is 10.0 Å². The molecule has 5 nitrogen and oxygen atoms in total. The number of halogens is 6. The van der Waals surface area contributed by atoms with Gasteiger partial charge in [-0.2, -0.15) is 13.2 Å². The van der Waals surface area contributed by atoms with E-state index in [1.54, 1.807) is 4.90 Å². The molecular weight excluding hydrogens is 529 g/mol. The molecular formula is C23H23Cl2F4N3O2S. The number of amidine groups is 1. The van der Waals surface area contributed by atoms with E-state index in [1.165, 1.54) is 11.3 Å². The Kier molecular flexibility index (Phi) is 6.56. The first-order valence-electron chi connectivity index (χ1n) is 10.7. The van der Waals surface area contributed by atoms with E-state index in [1.807, 2.05) is 27.7 Å². The molecule has 0 aliphatic carbocycles. The summed E-state index contributed by atoms with van der Waals surface area (Å²) >= 11 is 12.9. The second-order valence-corrected chi connectivity index (χ2v) is 11.8. The van der Waals surface area contributed by atoms with Gasteiger partial charge in [-0.05, 0) is 35.6 Å². The molecule has 1 aromatic heterocycles. The third-order valence-corrected chi connectivity index (χ3v) is 7.88. The average molecular weight is 552 g/mol. The smallest absolute Gasteiger partial charge is 0.372 e. The lowest BCUT2D eigenvalue weighted by Gasteiger charge is -2.30. The summed E-state index contributed by atoms with van der Waals surface area (Å²) in [5.41, 5.74) is -1.63. The predicted molar refractivity (Wildman–Crippen MR) is 127 cm³/mol. The summed E-state index contributed by atoms with van der Waals surface area (Å²) in [5, 5.41) is 5.63. The van der Waals surface area contributed by atoms with Gasteiger partial charge in [0.2, 0.25) is 0 Å². The molecule has 1 aromatic carbocycles. The van der Waals surface area contributed by atoms with Gasteiger partial charge in [-0.3, -0.25) is 4.79 Å². The molecule has 35 heavy (non-hydrogen) atoms. The van der Waals surface area contributed by atoms with Crippen molar-refractivity contribution in [3.05, 3.63) is 54.4 Å². The van der Waals surface area contributed by atoms with Crippen LogP contribution in [0.3, 0.4) is 0 Å². The fourth-order valence-electron chi connectivity index (χ4n) is 4.03. The molecule has 2 aromatic rings. The van der Waals surface area contributed by atoms with Crippen molar-refractivity contribution >= 4 is 46.3 Å². The van der Waals surface area contributed by atoms with Crippen LogP contribution < -0.4 is 5.32 Å². The number of nitrogens with one attached hydrogen (secondary N) is 1. The fourth-order valence-corrected chi connectivity index (χ4v) is 5.77. The lowest BCUT2D eigenvalue weighted by atomic mass is 9.89. The molecule has 1 atom stereocenters. The Morgan fingerprint density at radius 3 is 2.40 bits per heavy atom. The van der Waals surface area contributed by atoms with Crippen LogP contribution in [0.5, 0.6) is 0 Å². The number of carbonyl (C=O) groups excluding carboxylic acids is 1. The maximum atomic E-state index is 14.3. The number of thiophene rings is 1. The lowest BCUT2D eigenvalue weighted by Crippen LogP contribution is -2.44. The molecule has 1 unspecified atom stereocenters. The van der Waals surface area contributed by atoms with Gasteiger partial charge in [0.1, 0.15) is 5.84 Å². The standard InChI is InChI=1S/C23H23Cl2F4N3O2S/c1-11-13-8-32(9-16(13)35-19(11)20(33)30-10-21(2,3)4)17-7-22(34-31-17,23(27,28)29)12-5-14(24)18(26)15(25)6-12/h5-6H,7-10H2,1-4H3,(H,30,33). The van der Waals surface area contributed by atoms with Gasteiger partial charge in [0.15, 0.2) is 5.82 Å². The molecule has 0 spiro atoms. The van der Waals surface area contributed by atoms with Crippen LogP contribution in [0.1, 0.15) is 58.4 Å². The average Bonchev–Trinajstić information content (AvgIpc) is 3.43. The van der Waals surface area contributed by atoms with Gasteiger partial charge in [0.25, 0.3) is 11.5 Å². The van der Waals surface area contributed by atoms with E-state index in [9.17, 15) is 22.4 Å². The second kappa shape index (κ2) is 8.81. The van der Waals surface area contributed by atoms with E-state index in [-0.39, 0.29) is 17.2 Å². The minimum atomic E-state index is -4.87. The molecule has 1 N–H and O–H groups in total. The Balaban J connectivity index is 1.54. The maximum Gasteiger partial charge on any atom is 0.435 e. The number of hydrogen-bond donors (Lipinski definition) is 1. The van der Waals surface area contributed by atoms with Crippen LogP contribution in [0.25, 0.3) is 0 Å². The quantitative estimate of drug-likeness (QED) is 0.337. The van der Waals surface area contributed by atoms with Gasteiger partial charge in [0, 0.05) is 23.5 Å². The molecule has 1 amide bonds. The number of fused-ring (bicyclic) bond motifs is 1. The van der Waals surface area contributed by atoms with Crippen molar-refractivity contribution in [2.75, 3.05) is 6.54 Å². The summed E-state index contributed by atoms with van der Waals surface area (Å²) in [7, 11) is 0. The summed E-state index contributed by atoms with van der Waals surface area (Å²) < 4.78 is 56.6. The number of amides is 1. The molecule has 3 heterocycles. The first kappa shape index (κ1) is 26.0. The van der Waals surface area contributed by atoms with Crippen molar-refractivity contribution in [1.82, 2.24) is 10.2 Å². The minimum Gasteiger partial charge on any atom is -0.372 e. The highest BCUT2D eigenvalue weighted by Gasteiger charge is 2.63. The monoisotopic (exact) mass is 551 g/mol. The van der Waals surface area contributed by atoms with Crippen LogP contribution >= 0.6 is 34.5 Å². The number of benzene rings is 1. The highest BCUT2D eigenvalue weighted by molar-refractivity contribution is 7.14. The number of rotatable bonds is 3. The maximum absolute atomic E-state index is 14.3. The van der Waals surface area contributed by atoms with Crippen LogP contribution in [0.15, 0.2) is 17.3 Å².